The van der Waals surface area contributed by atoms with Crippen LogP contribution in [0.3, 0.4) is 0 Å². The van der Waals surface area contributed by atoms with E-state index in [0.717, 1.165) is 21.8 Å². The lowest BCUT2D eigenvalue weighted by molar-refractivity contribution is -0.119. The van der Waals surface area contributed by atoms with E-state index in [1.54, 1.807) is 36.4 Å². The van der Waals surface area contributed by atoms with Gasteiger partial charge in [-0.2, -0.15) is 0 Å². The average Bonchev–Trinajstić information content (AvgIpc) is 3.18. The molecular weight excluding hydrogens is 480 g/mol. The number of carbonyl (C=O) groups excluding carboxylic acids is 2. The van der Waals surface area contributed by atoms with E-state index in [1.807, 2.05) is 12.1 Å². The van der Waals surface area contributed by atoms with Crippen molar-refractivity contribution in [3.63, 3.8) is 0 Å². The highest BCUT2D eigenvalue weighted by Gasteiger charge is 2.11. The van der Waals surface area contributed by atoms with E-state index in [9.17, 15) is 9.59 Å². The summed E-state index contributed by atoms with van der Waals surface area (Å²) in [5.74, 6) is 0.0630. The average molecular weight is 496 g/mol. The predicted molar refractivity (Wildman–Crippen MR) is 116 cm³/mol. The van der Waals surface area contributed by atoms with Crippen molar-refractivity contribution in [1.29, 1.82) is 0 Å². The van der Waals surface area contributed by atoms with Gasteiger partial charge in [0, 0.05) is 33.7 Å². The predicted octanol–water partition coefficient (Wildman–Crippen LogP) is 4.39. The Morgan fingerprint density at radius 3 is 2.48 bits per heavy atom. The number of aromatic nitrogens is 2. The second-order valence-electron chi connectivity index (χ2n) is 5.82. The minimum Gasteiger partial charge on any atom is -0.411 e. The largest absolute Gasteiger partial charge is 0.411 e. The number of benzene rings is 2. The molecule has 2 N–H and O–H groups in total. The summed E-state index contributed by atoms with van der Waals surface area (Å²) in [5.41, 5.74) is 1.45. The number of rotatable bonds is 8. The van der Waals surface area contributed by atoms with Crippen molar-refractivity contribution in [2.45, 2.75) is 11.6 Å². The van der Waals surface area contributed by atoms with Gasteiger partial charge in [0.15, 0.2) is 0 Å². The molecule has 0 saturated heterocycles. The van der Waals surface area contributed by atoms with Gasteiger partial charge < -0.3 is 15.1 Å². The van der Waals surface area contributed by atoms with Crippen molar-refractivity contribution in [2.75, 3.05) is 17.6 Å². The molecule has 0 spiro atoms. The van der Waals surface area contributed by atoms with Gasteiger partial charge in [0.05, 0.1) is 5.75 Å². The fourth-order valence-corrected chi connectivity index (χ4v) is 3.21. The van der Waals surface area contributed by atoms with Gasteiger partial charge in [0.25, 0.3) is 5.22 Å². The minimum absolute atomic E-state index is 0.108. The van der Waals surface area contributed by atoms with Crippen molar-refractivity contribution >= 4 is 56.8 Å². The zero-order valence-corrected chi connectivity index (χ0v) is 18.2. The first kappa shape index (κ1) is 21.4. The number of thioether (sulfide) groups is 1. The van der Waals surface area contributed by atoms with Gasteiger partial charge in [0.2, 0.25) is 17.7 Å². The first-order valence-corrected chi connectivity index (χ1v) is 10.7. The van der Waals surface area contributed by atoms with E-state index in [2.05, 4.69) is 36.8 Å². The monoisotopic (exact) mass is 494 g/mol. The van der Waals surface area contributed by atoms with Gasteiger partial charge in [-0.05, 0) is 48.5 Å². The van der Waals surface area contributed by atoms with Crippen molar-refractivity contribution in [2.24, 2.45) is 0 Å². The van der Waals surface area contributed by atoms with Crippen LogP contribution >= 0.6 is 39.3 Å². The maximum absolute atomic E-state index is 11.9. The summed E-state index contributed by atoms with van der Waals surface area (Å²) in [6.45, 7) is 0.238. The van der Waals surface area contributed by atoms with E-state index in [1.165, 1.54) is 0 Å². The van der Waals surface area contributed by atoms with Crippen LogP contribution in [-0.2, 0) is 9.59 Å². The van der Waals surface area contributed by atoms with E-state index >= 15 is 0 Å². The summed E-state index contributed by atoms with van der Waals surface area (Å²) >= 11 is 10.3. The molecule has 0 aliphatic rings. The summed E-state index contributed by atoms with van der Waals surface area (Å²) in [7, 11) is 0. The number of halogens is 2. The maximum Gasteiger partial charge on any atom is 0.277 e. The molecule has 3 rings (SSSR count). The molecule has 29 heavy (non-hydrogen) atoms. The van der Waals surface area contributed by atoms with Crippen LogP contribution in [0.1, 0.15) is 6.42 Å². The van der Waals surface area contributed by atoms with Crippen LogP contribution in [0.5, 0.6) is 0 Å². The van der Waals surface area contributed by atoms with Crippen LogP contribution in [0.4, 0.5) is 5.69 Å². The Hall–Kier alpha value is -2.36. The maximum atomic E-state index is 11.9. The van der Waals surface area contributed by atoms with Crippen molar-refractivity contribution in [3.05, 3.63) is 58.0 Å². The molecule has 0 unspecified atom stereocenters. The lowest BCUT2D eigenvalue weighted by atomic mass is 10.2. The van der Waals surface area contributed by atoms with Gasteiger partial charge in [0.1, 0.15) is 0 Å². The molecule has 0 fully saturated rings. The number of amides is 2. The minimum atomic E-state index is -0.224. The zero-order valence-electron chi connectivity index (χ0n) is 15.0. The molecule has 0 aliphatic carbocycles. The topological polar surface area (TPSA) is 97.1 Å². The van der Waals surface area contributed by atoms with Crippen LogP contribution in [0.2, 0.25) is 5.02 Å². The van der Waals surface area contributed by atoms with Gasteiger partial charge in [-0.3, -0.25) is 9.59 Å². The molecule has 10 heteroatoms. The molecule has 7 nitrogen and oxygen atoms in total. The number of nitrogens with zero attached hydrogens (tertiary/aromatic N) is 2. The second-order valence-corrected chi connectivity index (χ2v) is 8.10. The molecule has 1 aromatic heterocycles. The molecule has 150 valence electrons. The van der Waals surface area contributed by atoms with Crippen LogP contribution < -0.4 is 10.6 Å². The Morgan fingerprint density at radius 1 is 1.03 bits per heavy atom. The molecule has 0 atom stereocenters. The number of hydrogen-bond donors (Lipinski definition) is 2. The highest BCUT2D eigenvalue weighted by atomic mass is 79.9. The molecule has 1 heterocycles. The van der Waals surface area contributed by atoms with Crippen molar-refractivity contribution in [1.82, 2.24) is 15.5 Å². The lowest BCUT2D eigenvalue weighted by Gasteiger charge is -2.06. The van der Waals surface area contributed by atoms with Crippen LogP contribution in [0.15, 0.2) is 62.6 Å². The Bertz CT molecular complexity index is 980. The van der Waals surface area contributed by atoms with E-state index < -0.39 is 0 Å². The van der Waals surface area contributed by atoms with E-state index in [-0.39, 0.29) is 35.8 Å². The van der Waals surface area contributed by atoms with Crippen LogP contribution in [0.25, 0.3) is 11.5 Å². The molecule has 2 amide bonds. The van der Waals surface area contributed by atoms with Gasteiger partial charge in [-0.25, -0.2) is 0 Å². The summed E-state index contributed by atoms with van der Waals surface area (Å²) in [6, 6.07) is 14.3. The first-order valence-electron chi connectivity index (χ1n) is 8.54. The standard InChI is InChI=1S/C19H16BrClN4O3S/c20-13-3-7-15(8-4-13)23-16(26)9-10-22-17(27)11-29-19-25-24-18(28-19)12-1-5-14(21)6-2-12/h1-8H,9-11H2,(H,22,27)(H,23,26). The molecule has 0 saturated carbocycles. The van der Waals surface area contributed by atoms with Crippen molar-refractivity contribution in [3.8, 4) is 11.5 Å². The lowest BCUT2D eigenvalue weighted by Crippen LogP contribution is -2.29. The van der Waals surface area contributed by atoms with Crippen LogP contribution in [-0.4, -0.2) is 34.3 Å². The molecule has 0 bridgehead atoms. The van der Waals surface area contributed by atoms with Crippen LogP contribution in [0, 0.1) is 0 Å². The third-order valence-electron chi connectivity index (χ3n) is 3.63. The highest BCUT2D eigenvalue weighted by Crippen LogP contribution is 2.24. The van der Waals surface area contributed by atoms with Gasteiger partial charge >= 0.3 is 0 Å². The fraction of sp³-hybridized carbons (Fsp3) is 0.158. The highest BCUT2D eigenvalue weighted by molar-refractivity contribution is 9.10. The summed E-state index contributed by atoms with van der Waals surface area (Å²) < 4.78 is 6.46. The van der Waals surface area contributed by atoms with E-state index in [0.29, 0.717) is 16.6 Å². The Morgan fingerprint density at radius 2 is 1.76 bits per heavy atom. The molecule has 2 aromatic carbocycles. The summed E-state index contributed by atoms with van der Waals surface area (Å²) in [5, 5.41) is 14.2. The summed E-state index contributed by atoms with van der Waals surface area (Å²) in [4.78, 5) is 23.8. The number of nitrogens with one attached hydrogen (secondary N) is 2. The second kappa shape index (κ2) is 10.4. The molecule has 0 radical (unpaired) electrons. The fourth-order valence-electron chi connectivity index (χ4n) is 2.23. The Balaban J connectivity index is 1.37. The molecule has 0 aliphatic heterocycles. The third-order valence-corrected chi connectivity index (χ3v) is 5.23. The smallest absolute Gasteiger partial charge is 0.277 e. The normalized spacial score (nSPS) is 10.6. The number of carbonyl (C=O) groups is 2. The van der Waals surface area contributed by atoms with Gasteiger partial charge in [-0.15, -0.1) is 10.2 Å². The molecular formula is C19H16BrClN4O3S. The number of anilines is 1. The zero-order chi connectivity index (χ0) is 20.6. The Labute approximate surface area is 184 Å². The first-order chi connectivity index (χ1) is 14.0. The van der Waals surface area contributed by atoms with Crippen molar-refractivity contribution < 1.29 is 14.0 Å². The summed E-state index contributed by atoms with van der Waals surface area (Å²) in [6.07, 6.45) is 0.174. The SMILES string of the molecule is O=C(CSc1nnc(-c2ccc(Cl)cc2)o1)NCCC(=O)Nc1ccc(Br)cc1. The Kier molecular flexibility index (Phi) is 7.68. The number of hydrogen-bond acceptors (Lipinski definition) is 6. The van der Waals surface area contributed by atoms with E-state index in [4.69, 9.17) is 16.0 Å². The van der Waals surface area contributed by atoms with Gasteiger partial charge in [-0.1, -0.05) is 39.3 Å². The quantitative estimate of drug-likeness (QED) is 0.450. The third kappa shape index (κ3) is 6.88. The molecule has 3 aromatic rings.